The molecule has 0 saturated carbocycles. The number of fused-ring (bicyclic) bond motifs is 2. The molecule has 0 fully saturated rings. The fraction of sp³-hybridized carbons (Fsp3) is 0.440. The molecule has 0 aliphatic heterocycles. The molecule has 0 atom stereocenters. The Labute approximate surface area is 212 Å². The summed E-state index contributed by atoms with van der Waals surface area (Å²) in [5.74, 6) is 1.05. The van der Waals surface area contributed by atoms with Crippen LogP contribution in [0.25, 0.3) is 9.45 Å². The molecule has 2 aromatic rings. The van der Waals surface area contributed by atoms with Crippen LogP contribution in [0.15, 0.2) is 30.3 Å². The molecule has 6 heteroatoms. The maximum Gasteiger partial charge on any atom is -1.00 e. The molecule has 2 nitrogen and oxygen atoms in total. The first-order valence-electron chi connectivity index (χ1n) is 10.6. The summed E-state index contributed by atoms with van der Waals surface area (Å²) in [6.45, 7) is 18.0. The van der Waals surface area contributed by atoms with E-state index in [0.29, 0.717) is 0 Å². The van der Waals surface area contributed by atoms with Crippen LogP contribution in [0.1, 0.15) is 53.0 Å². The monoisotopic (exact) mass is 510 g/mol. The number of halogens is 2. The molecule has 0 bridgehead atoms. The van der Waals surface area contributed by atoms with Gasteiger partial charge in [0.25, 0.3) is 0 Å². The van der Waals surface area contributed by atoms with Crippen LogP contribution in [0.2, 0.25) is 19.6 Å². The first-order chi connectivity index (χ1) is 13.4. The summed E-state index contributed by atoms with van der Waals surface area (Å²) in [6.07, 6.45) is 2.21. The number of anilines is 1. The molecular formula is C25H34Cl2NOSiTi. The minimum absolute atomic E-state index is 0. The number of nitrogens with one attached hydrogen (secondary N) is 1. The minimum atomic E-state index is -1.77. The SMILES string of the molecule is CCCC(C)=c1c(O[Si](C)(C)C)cc2c(c1NC(C)(C)C)[C]([Ti+2])=c1ccccc1=2.[Cl-].[Cl-]. The van der Waals surface area contributed by atoms with E-state index in [4.69, 9.17) is 4.43 Å². The molecular weight excluding hydrogens is 477 g/mol. The van der Waals surface area contributed by atoms with Crippen molar-refractivity contribution in [2.75, 3.05) is 5.32 Å². The first kappa shape index (κ1) is 28.3. The van der Waals surface area contributed by atoms with Crippen molar-refractivity contribution in [3.63, 3.8) is 0 Å². The number of benzene rings is 2. The van der Waals surface area contributed by atoms with Gasteiger partial charge in [0.1, 0.15) is 0 Å². The van der Waals surface area contributed by atoms with Crippen LogP contribution >= 0.6 is 0 Å². The molecule has 0 heterocycles. The smallest absolute Gasteiger partial charge is 1.00 e. The van der Waals surface area contributed by atoms with Gasteiger partial charge >= 0.3 is 189 Å². The second-order valence-corrected chi connectivity index (χ2v) is 15.3. The molecule has 1 aliphatic rings. The zero-order valence-electron chi connectivity index (χ0n) is 20.0. The summed E-state index contributed by atoms with van der Waals surface area (Å²) in [6, 6.07) is 11.1. The molecule has 0 spiro atoms. The summed E-state index contributed by atoms with van der Waals surface area (Å²) in [5.41, 5.74) is 3.94. The van der Waals surface area contributed by atoms with Crippen molar-refractivity contribution >= 4 is 23.5 Å². The van der Waals surface area contributed by atoms with Crippen LogP contribution < -0.4 is 45.0 Å². The van der Waals surface area contributed by atoms with E-state index < -0.39 is 8.32 Å². The Morgan fingerprint density at radius 3 is 2.13 bits per heavy atom. The zero-order chi connectivity index (χ0) is 21.6. The van der Waals surface area contributed by atoms with Crippen LogP contribution in [0.4, 0.5) is 5.69 Å². The third-order valence-corrected chi connectivity index (χ3v) is 6.64. The van der Waals surface area contributed by atoms with Crippen LogP contribution in [0.3, 0.4) is 0 Å². The maximum atomic E-state index is 6.70. The van der Waals surface area contributed by atoms with E-state index in [0.717, 1.165) is 18.6 Å². The second kappa shape index (κ2) is 10.5. The fourth-order valence-electron chi connectivity index (χ4n) is 4.04. The summed E-state index contributed by atoms with van der Waals surface area (Å²) in [7, 11) is -1.77. The van der Waals surface area contributed by atoms with Crippen molar-refractivity contribution in [3.8, 4) is 5.75 Å². The van der Waals surface area contributed by atoms with Crippen LogP contribution in [0.5, 0.6) is 5.75 Å². The Balaban J connectivity index is 0.00000240. The van der Waals surface area contributed by atoms with Gasteiger partial charge < -0.3 is 24.8 Å². The van der Waals surface area contributed by atoms with E-state index in [9.17, 15) is 0 Å². The largest absolute Gasteiger partial charge is 1.00 e. The standard InChI is InChI=1S/C25H34NOSi.2ClH.Ti/c1-9-12-17(2)23-22(27-28(6,7)8)16-20-19-14-11-10-13-18(19)15-21(20)24(23)26-25(3,4)5;;;/h10-11,13-14,16,26H,9,12H2,1-8H3;2*1H;/q;;;+2/p-2. The van der Waals surface area contributed by atoms with Crippen molar-refractivity contribution < 1.29 is 49.7 Å². The average Bonchev–Trinajstić information content (AvgIpc) is 2.85. The van der Waals surface area contributed by atoms with Gasteiger partial charge in [-0.15, -0.1) is 0 Å². The zero-order valence-corrected chi connectivity index (χ0v) is 24.0. The molecule has 31 heavy (non-hydrogen) atoms. The molecule has 0 saturated heterocycles. The Bertz CT molecular complexity index is 1160. The quantitative estimate of drug-likeness (QED) is 0.542. The van der Waals surface area contributed by atoms with E-state index in [1.807, 2.05) is 0 Å². The van der Waals surface area contributed by atoms with E-state index in [2.05, 4.69) is 110 Å². The van der Waals surface area contributed by atoms with Crippen LogP contribution in [-0.2, 0) is 20.4 Å². The fourth-order valence-corrected chi connectivity index (χ4v) is 5.60. The maximum absolute atomic E-state index is 6.70. The predicted molar refractivity (Wildman–Crippen MR) is 124 cm³/mol. The van der Waals surface area contributed by atoms with Gasteiger partial charge in [0.2, 0.25) is 0 Å². The number of rotatable bonds is 5. The second-order valence-electron chi connectivity index (χ2n) is 10.1. The molecule has 1 N–H and O–H groups in total. The summed E-state index contributed by atoms with van der Waals surface area (Å²) in [5, 5.41) is 9.10. The Morgan fingerprint density at radius 2 is 1.61 bits per heavy atom. The van der Waals surface area contributed by atoms with Crippen molar-refractivity contribution in [1.82, 2.24) is 0 Å². The summed E-state index contributed by atoms with van der Waals surface area (Å²) >= 11 is 2.26. The Kier molecular flexibility index (Phi) is 9.58. The Hall–Kier alpha value is -0.709. The molecule has 0 radical (unpaired) electrons. The minimum Gasteiger partial charge on any atom is -1.00 e. The van der Waals surface area contributed by atoms with Crippen molar-refractivity contribution in [2.45, 2.75) is 72.6 Å². The summed E-state index contributed by atoms with van der Waals surface area (Å²) in [4.78, 5) is 0. The van der Waals surface area contributed by atoms with Crippen molar-refractivity contribution in [1.29, 1.82) is 0 Å². The van der Waals surface area contributed by atoms with Gasteiger partial charge in [0.05, 0.1) is 0 Å². The van der Waals surface area contributed by atoms with Gasteiger partial charge in [-0.25, -0.2) is 0 Å². The van der Waals surface area contributed by atoms with Gasteiger partial charge in [0.15, 0.2) is 0 Å². The first-order valence-corrected chi connectivity index (χ1v) is 14.8. The molecule has 0 aromatic heterocycles. The molecule has 1 aliphatic carbocycles. The van der Waals surface area contributed by atoms with Gasteiger partial charge in [-0.2, -0.15) is 0 Å². The third-order valence-electron chi connectivity index (χ3n) is 5.00. The molecule has 167 valence electrons. The molecule has 3 rings (SSSR count). The molecule has 2 aromatic carbocycles. The van der Waals surface area contributed by atoms with E-state index in [1.54, 1.807) is 0 Å². The van der Waals surface area contributed by atoms with Gasteiger partial charge in [-0.3, -0.25) is 0 Å². The number of hydrogen-bond acceptors (Lipinski definition) is 2. The predicted octanol–water partition coefficient (Wildman–Crippen LogP) is -0.607. The Morgan fingerprint density at radius 1 is 1.03 bits per heavy atom. The summed E-state index contributed by atoms with van der Waals surface area (Å²) < 4.78 is 8.05. The van der Waals surface area contributed by atoms with Crippen LogP contribution in [-0.4, -0.2) is 13.9 Å². The van der Waals surface area contributed by atoms with E-state index in [1.165, 1.54) is 41.6 Å². The van der Waals surface area contributed by atoms with E-state index >= 15 is 0 Å². The van der Waals surface area contributed by atoms with Crippen LogP contribution in [0, 0.1) is 10.4 Å². The molecule has 0 unspecified atom stereocenters. The van der Waals surface area contributed by atoms with Crippen molar-refractivity contribution in [3.05, 3.63) is 56.8 Å². The van der Waals surface area contributed by atoms with Gasteiger partial charge in [-0.05, 0) is 0 Å². The van der Waals surface area contributed by atoms with E-state index in [-0.39, 0.29) is 30.4 Å². The number of hydrogen-bond donors (Lipinski definition) is 1. The van der Waals surface area contributed by atoms with Gasteiger partial charge in [-0.1, -0.05) is 0 Å². The third kappa shape index (κ3) is 6.21. The normalized spacial score (nSPS) is 13.5. The molecule has 0 amide bonds. The average molecular weight is 511 g/mol. The van der Waals surface area contributed by atoms with Gasteiger partial charge in [0, 0.05) is 0 Å². The topological polar surface area (TPSA) is 21.3 Å². The van der Waals surface area contributed by atoms with Crippen molar-refractivity contribution in [2.24, 2.45) is 0 Å².